The first kappa shape index (κ1) is 20.7. The van der Waals surface area contributed by atoms with Crippen molar-refractivity contribution in [3.8, 4) is 11.3 Å². The zero-order valence-corrected chi connectivity index (χ0v) is 18.2. The second-order valence-corrected chi connectivity index (χ2v) is 9.42. The number of hydrogen-bond acceptors (Lipinski definition) is 3. The summed E-state index contributed by atoms with van der Waals surface area (Å²) in [6, 6.07) is 7.00. The molecule has 0 bridgehead atoms. The first-order valence-corrected chi connectivity index (χ1v) is 10.7. The van der Waals surface area contributed by atoms with Crippen LogP contribution < -0.4 is 0 Å². The van der Waals surface area contributed by atoms with Crippen LogP contribution in [0, 0.1) is 5.41 Å². The summed E-state index contributed by atoms with van der Waals surface area (Å²) in [6.07, 6.45) is 2.27. The van der Waals surface area contributed by atoms with Gasteiger partial charge in [0.15, 0.2) is 5.65 Å². The van der Waals surface area contributed by atoms with Gasteiger partial charge in [-0.15, -0.1) is 0 Å². The first-order valence-electron chi connectivity index (χ1n) is 10.7. The van der Waals surface area contributed by atoms with Gasteiger partial charge in [-0.25, -0.2) is 4.98 Å². The van der Waals surface area contributed by atoms with E-state index in [2.05, 4.69) is 34.1 Å². The van der Waals surface area contributed by atoms with Crippen LogP contribution in [0.5, 0.6) is 0 Å². The van der Waals surface area contributed by atoms with E-state index in [4.69, 9.17) is 0 Å². The second-order valence-electron chi connectivity index (χ2n) is 9.42. The van der Waals surface area contributed by atoms with Gasteiger partial charge >= 0.3 is 6.18 Å². The summed E-state index contributed by atoms with van der Waals surface area (Å²) in [5.41, 5.74) is 4.96. The number of aromatic nitrogens is 5. The van der Waals surface area contributed by atoms with Crippen molar-refractivity contribution in [2.75, 3.05) is 0 Å². The molecule has 1 aliphatic rings. The van der Waals surface area contributed by atoms with Gasteiger partial charge in [0.05, 0.1) is 17.3 Å². The van der Waals surface area contributed by atoms with Gasteiger partial charge in [0.25, 0.3) is 0 Å². The van der Waals surface area contributed by atoms with Crippen LogP contribution in [0.4, 0.5) is 13.2 Å². The molecule has 8 heteroatoms. The molecule has 1 N–H and O–H groups in total. The van der Waals surface area contributed by atoms with Crippen molar-refractivity contribution >= 4 is 11.0 Å². The smallest absolute Gasteiger partial charge is 0.282 e. The minimum atomic E-state index is -4.38. The van der Waals surface area contributed by atoms with Gasteiger partial charge in [-0.2, -0.15) is 23.4 Å². The largest absolute Gasteiger partial charge is 0.416 e. The molecule has 0 amide bonds. The van der Waals surface area contributed by atoms with Crippen molar-refractivity contribution in [1.82, 2.24) is 25.0 Å². The highest BCUT2D eigenvalue weighted by molar-refractivity contribution is 5.80. The highest BCUT2D eigenvalue weighted by Gasteiger charge is 2.31. The molecular formula is C24H24F3N5. The average Bonchev–Trinajstić information content (AvgIpc) is 3.35. The summed E-state index contributed by atoms with van der Waals surface area (Å²) in [5, 5.41) is 13.1. The molecule has 1 unspecified atom stereocenters. The third-order valence-electron chi connectivity index (χ3n) is 6.40. The van der Waals surface area contributed by atoms with E-state index in [0.717, 1.165) is 42.0 Å². The predicted octanol–water partition coefficient (Wildman–Crippen LogP) is 5.96. The van der Waals surface area contributed by atoms with Crippen molar-refractivity contribution < 1.29 is 13.2 Å². The number of halogens is 3. The molecule has 0 spiro atoms. The number of fused-ring (bicyclic) bond motifs is 2. The fourth-order valence-corrected chi connectivity index (χ4v) is 4.48. The normalized spacial score (nSPS) is 16.8. The molecule has 4 aromatic rings. The molecule has 3 heterocycles. The Morgan fingerprint density at radius 1 is 1.19 bits per heavy atom. The Morgan fingerprint density at radius 2 is 2.00 bits per heavy atom. The zero-order valence-electron chi connectivity index (χ0n) is 18.2. The van der Waals surface area contributed by atoms with Gasteiger partial charge in [0.2, 0.25) is 0 Å². The summed E-state index contributed by atoms with van der Waals surface area (Å²) < 4.78 is 41.0. The summed E-state index contributed by atoms with van der Waals surface area (Å²) in [7, 11) is 0. The highest BCUT2D eigenvalue weighted by atomic mass is 19.4. The molecule has 5 rings (SSSR count). The number of H-pyrrole nitrogens is 1. The van der Waals surface area contributed by atoms with Gasteiger partial charge in [-0.1, -0.05) is 26.0 Å². The molecule has 1 aliphatic carbocycles. The van der Waals surface area contributed by atoms with Crippen LogP contribution in [0.1, 0.15) is 55.6 Å². The Morgan fingerprint density at radius 3 is 2.78 bits per heavy atom. The monoisotopic (exact) mass is 439 g/mol. The third-order valence-corrected chi connectivity index (χ3v) is 6.40. The van der Waals surface area contributed by atoms with Gasteiger partial charge in [-0.3, -0.25) is 9.78 Å². The molecular weight excluding hydrogens is 415 g/mol. The van der Waals surface area contributed by atoms with E-state index in [1.165, 1.54) is 23.4 Å². The summed E-state index contributed by atoms with van der Waals surface area (Å²) in [4.78, 5) is 4.50. The molecule has 1 aromatic carbocycles. The lowest BCUT2D eigenvalue weighted by Gasteiger charge is -2.29. The minimum absolute atomic E-state index is 0.264. The molecule has 0 fully saturated rings. The van der Waals surface area contributed by atoms with Crippen LogP contribution in [0.15, 0.2) is 42.7 Å². The van der Waals surface area contributed by atoms with E-state index in [0.29, 0.717) is 11.2 Å². The Hall–Kier alpha value is -3.16. The number of nitrogens with zero attached hydrogens (tertiary/aromatic N) is 4. The van der Waals surface area contributed by atoms with Crippen LogP contribution in [-0.4, -0.2) is 25.0 Å². The van der Waals surface area contributed by atoms with Crippen LogP contribution in [0.25, 0.3) is 22.3 Å². The SMILES string of the molecule is CC(c1cccc(C(F)(F)F)c1)n1cc2cc(-c3n[nH]c4c3CCC(C)(C)C4)cnc2n1. The van der Waals surface area contributed by atoms with Crippen LogP contribution in [0.2, 0.25) is 0 Å². The first-order chi connectivity index (χ1) is 15.1. The number of pyridine rings is 1. The van der Waals surface area contributed by atoms with Gasteiger partial charge in [-0.05, 0) is 55.4 Å². The minimum Gasteiger partial charge on any atom is -0.282 e. The van der Waals surface area contributed by atoms with Crippen molar-refractivity contribution in [1.29, 1.82) is 0 Å². The molecule has 0 radical (unpaired) electrons. The van der Waals surface area contributed by atoms with E-state index in [-0.39, 0.29) is 11.5 Å². The van der Waals surface area contributed by atoms with Crippen LogP contribution in [-0.2, 0) is 19.0 Å². The maximum absolute atomic E-state index is 13.1. The maximum atomic E-state index is 13.1. The van der Waals surface area contributed by atoms with Crippen molar-refractivity contribution in [2.24, 2.45) is 5.41 Å². The molecule has 166 valence electrons. The third kappa shape index (κ3) is 3.67. The van der Waals surface area contributed by atoms with Gasteiger partial charge < -0.3 is 0 Å². The van der Waals surface area contributed by atoms with Crippen molar-refractivity contribution in [3.63, 3.8) is 0 Å². The Kier molecular flexibility index (Phi) is 4.65. The van der Waals surface area contributed by atoms with Crippen molar-refractivity contribution in [3.05, 3.63) is 65.1 Å². The van der Waals surface area contributed by atoms with Gasteiger partial charge in [0.1, 0.15) is 0 Å². The van der Waals surface area contributed by atoms with E-state index < -0.39 is 11.7 Å². The molecule has 0 saturated heterocycles. The molecule has 1 atom stereocenters. The molecule has 0 saturated carbocycles. The maximum Gasteiger partial charge on any atom is 0.416 e. The molecule has 32 heavy (non-hydrogen) atoms. The fourth-order valence-electron chi connectivity index (χ4n) is 4.48. The lowest BCUT2D eigenvalue weighted by molar-refractivity contribution is -0.137. The number of alkyl halides is 3. The number of nitrogens with one attached hydrogen (secondary N) is 1. The second kappa shape index (κ2) is 7.18. The summed E-state index contributed by atoms with van der Waals surface area (Å²) >= 11 is 0. The number of aromatic amines is 1. The van der Waals surface area contributed by atoms with E-state index >= 15 is 0 Å². The van der Waals surface area contributed by atoms with E-state index in [1.807, 2.05) is 19.2 Å². The average molecular weight is 439 g/mol. The Labute approximate surface area is 183 Å². The van der Waals surface area contributed by atoms with Crippen molar-refractivity contribution in [2.45, 2.75) is 52.3 Å². The fraction of sp³-hybridized carbons (Fsp3) is 0.375. The lowest BCUT2D eigenvalue weighted by atomic mass is 9.76. The quantitative estimate of drug-likeness (QED) is 0.428. The number of benzene rings is 1. The molecule has 0 aliphatic heterocycles. The molecule has 5 nitrogen and oxygen atoms in total. The number of hydrogen-bond donors (Lipinski definition) is 1. The van der Waals surface area contributed by atoms with Crippen LogP contribution in [0.3, 0.4) is 0 Å². The standard InChI is InChI=1S/C24H24F3N5/c1-14(15-5-4-6-18(10-15)24(25,26)27)32-13-17-9-16(12-28-22(17)31-32)21-19-7-8-23(2,3)11-20(19)29-30-21/h4-6,9-10,12-14H,7-8,11H2,1-3H3,(H,29,30). The topological polar surface area (TPSA) is 59.4 Å². The highest BCUT2D eigenvalue weighted by Crippen LogP contribution is 2.38. The predicted molar refractivity (Wildman–Crippen MR) is 116 cm³/mol. The van der Waals surface area contributed by atoms with Crippen LogP contribution >= 0.6 is 0 Å². The lowest BCUT2D eigenvalue weighted by Crippen LogP contribution is -2.21. The van der Waals surface area contributed by atoms with E-state index in [9.17, 15) is 13.2 Å². The number of rotatable bonds is 3. The van der Waals surface area contributed by atoms with Gasteiger partial charge in [0, 0.05) is 34.6 Å². The summed E-state index contributed by atoms with van der Waals surface area (Å²) in [6.45, 7) is 6.36. The Bertz CT molecular complexity index is 1300. The van der Waals surface area contributed by atoms with E-state index in [1.54, 1.807) is 16.9 Å². The zero-order chi connectivity index (χ0) is 22.7. The summed E-state index contributed by atoms with van der Waals surface area (Å²) in [5.74, 6) is 0. The Balaban J connectivity index is 1.48. The molecule has 3 aromatic heterocycles.